The molecule has 4 aromatic rings. The van der Waals surface area contributed by atoms with Crippen molar-refractivity contribution in [3.8, 4) is 28.7 Å². The van der Waals surface area contributed by atoms with Gasteiger partial charge in [0.25, 0.3) is 12.9 Å². The first kappa shape index (κ1) is 45.1. The Bertz CT molecular complexity index is 2120. The molecule has 59 heavy (non-hydrogen) atoms. The van der Waals surface area contributed by atoms with Gasteiger partial charge in [-0.05, 0) is 103 Å². The maximum absolute atomic E-state index is 12.2. The van der Waals surface area contributed by atoms with E-state index < -0.39 is 11.9 Å². The van der Waals surface area contributed by atoms with Crippen LogP contribution in [0.4, 0.5) is 0 Å². The summed E-state index contributed by atoms with van der Waals surface area (Å²) in [5, 5.41) is 0. The maximum atomic E-state index is 12.2. The molecule has 4 rings (SSSR count). The van der Waals surface area contributed by atoms with Crippen molar-refractivity contribution in [1.82, 2.24) is 0 Å². The molecule has 0 aliphatic heterocycles. The van der Waals surface area contributed by atoms with Crippen molar-refractivity contribution in [3.63, 3.8) is 0 Å². The van der Waals surface area contributed by atoms with E-state index in [1.165, 1.54) is 14.2 Å². The molecule has 314 valence electrons. The zero-order chi connectivity index (χ0) is 42.9. The van der Waals surface area contributed by atoms with E-state index in [0.29, 0.717) is 61.5 Å². The Kier molecular flexibility index (Phi) is 17.1. The van der Waals surface area contributed by atoms with Gasteiger partial charge in [0.2, 0.25) is 0 Å². The number of methoxy groups -OCH3 is 3. The topological polar surface area (TPSA) is 168 Å². The fraction of sp³-hybridized carbons (Fsp3) is 0.356. The van der Waals surface area contributed by atoms with Crippen molar-refractivity contribution in [3.05, 3.63) is 110 Å². The number of esters is 2. The van der Waals surface area contributed by atoms with Crippen molar-refractivity contribution in [2.75, 3.05) is 61.0 Å². The second kappa shape index (κ2) is 22.4. The number of aldehydes is 1. The fourth-order valence-electron chi connectivity index (χ4n) is 6.63. The molecule has 0 atom stereocenters. The Hall–Kier alpha value is -6.57. The molecule has 0 bridgehead atoms. The molecule has 0 radical (unpaired) electrons. The number of benzene rings is 4. The highest BCUT2D eigenvalue weighted by Gasteiger charge is 2.22. The summed E-state index contributed by atoms with van der Waals surface area (Å²) in [7, 11) is 4.10. The molecule has 0 saturated heterocycles. The molecule has 0 heterocycles. The van der Waals surface area contributed by atoms with Crippen LogP contribution in [-0.2, 0) is 57.4 Å². The SMILES string of the molecule is COC(=O)COc1ccc(Cc2c(C)c(Cc3cc(C)c(OCCOC=O)c(Cc4ccc(OCCOC=O)c(OC)c4)c3C)cc(C)c2OCC(=O)OC)cc1C=O. The molecule has 0 aliphatic rings. The summed E-state index contributed by atoms with van der Waals surface area (Å²) in [4.78, 5) is 57.3. The van der Waals surface area contributed by atoms with Gasteiger partial charge in [0.1, 0.15) is 43.7 Å². The lowest BCUT2D eigenvalue weighted by atomic mass is 9.86. The lowest BCUT2D eigenvalue weighted by Gasteiger charge is -2.23. The monoisotopic (exact) mass is 814 g/mol. The van der Waals surface area contributed by atoms with Gasteiger partial charge >= 0.3 is 11.9 Å². The van der Waals surface area contributed by atoms with E-state index in [0.717, 1.165) is 55.6 Å². The van der Waals surface area contributed by atoms with Crippen molar-refractivity contribution < 1.29 is 66.6 Å². The molecular weight excluding hydrogens is 764 g/mol. The van der Waals surface area contributed by atoms with Crippen LogP contribution in [0.25, 0.3) is 0 Å². The average molecular weight is 815 g/mol. The second-order valence-corrected chi connectivity index (χ2v) is 13.4. The van der Waals surface area contributed by atoms with Crippen molar-refractivity contribution in [2.45, 2.75) is 47.0 Å². The van der Waals surface area contributed by atoms with Gasteiger partial charge < -0.3 is 42.6 Å². The predicted octanol–water partition coefficient (Wildman–Crippen LogP) is 5.72. The summed E-state index contributed by atoms with van der Waals surface area (Å²) < 4.78 is 48.4. The van der Waals surface area contributed by atoms with Crippen LogP contribution in [-0.4, -0.2) is 92.1 Å². The number of rotatable bonds is 24. The van der Waals surface area contributed by atoms with Crippen molar-refractivity contribution >= 4 is 31.2 Å². The van der Waals surface area contributed by atoms with E-state index in [-0.39, 0.29) is 51.0 Å². The molecule has 0 aliphatic carbocycles. The van der Waals surface area contributed by atoms with Gasteiger partial charge in [0.15, 0.2) is 31.0 Å². The van der Waals surface area contributed by atoms with Gasteiger partial charge in [0, 0.05) is 24.0 Å². The van der Waals surface area contributed by atoms with Crippen LogP contribution in [0.5, 0.6) is 28.7 Å². The number of carbonyl (C=O) groups is 5. The number of ether oxygens (including phenoxy) is 9. The van der Waals surface area contributed by atoms with Crippen LogP contribution < -0.4 is 23.7 Å². The molecule has 14 heteroatoms. The fourth-order valence-corrected chi connectivity index (χ4v) is 6.63. The molecule has 14 nitrogen and oxygen atoms in total. The largest absolute Gasteiger partial charge is 0.493 e. The van der Waals surface area contributed by atoms with Gasteiger partial charge in [0.05, 0.1) is 26.9 Å². The third-order valence-corrected chi connectivity index (χ3v) is 9.66. The minimum absolute atomic E-state index is 0.0834. The summed E-state index contributed by atoms with van der Waals surface area (Å²) in [6, 6.07) is 14.9. The van der Waals surface area contributed by atoms with Crippen molar-refractivity contribution in [1.29, 1.82) is 0 Å². The lowest BCUT2D eigenvalue weighted by Crippen LogP contribution is -2.15. The predicted molar refractivity (Wildman–Crippen MR) is 215 cm³/mol. The summed E-state index contributed by atoms with van der Waals surface area (Å²) in [6.07, 6.45) is 2.01. The Morgan fingerprint density at radius 1 is 0.542 bits per heavy atom. The molecule has 0 aromatic heterocycles. The number of aryl methyl sites for hydroxylation is 2. The molecule has 0 spiro atoms. The minimum Gasteiger partial charge on any atom is -0.493 e. The maximum Gasteiger partial charge on any atom is 0.343 e. The molecule has 4 aromatic carbocycles. The first-order chi connectivity index (χ1) is 28.5. The highest BCUT2D eigenvalue weighted by Crippen LogP contribution is 2.38. The Morgan fingerprint density at radius 2 is 1.05 bits per heavy atom. The Balaban J connectivity index is 1.77. The zero-order valence-electron chi connectivity index (χ0n) is 34.4. The Morgan fingerprint density at radius 3 is 1.58 bits per heavy atom. The van der Waals surface area contributed by atoms with Gasteiger partial charge in [-0.3, -0.25) is 14.4 Å². The lowest BCUT2D eigenvalue weighted by molar-refractivity contribution is -0.143. The molecule has 0 saturated carbocycles. The van der Waals surface area contributed by atoms with E-state index in [2.05, 4.69) is 10.8 Å². The number of carbonyl (C=O) groups excluding carboxylic acids is 5. The van der Waals surface area contributed by atoms with E-state index in [1.54, 1.807) is 31.4 Å². The first-order valence-corrected chi connectivity index (χ1v) is 18.7. The van der Waals surface area contributed by atoms with Crippen LogP contribution in [0.1, 0.15) is 66.0 Å². The van der Waals surface area contributed by atoms with E-state index in [1.807, 2.05) is 45.9 Å². The van der Waals surface area contributed by atoms with Crippen LogP contribution in [0.2, 0.25) is 0 Å². The number of hydrogen-bond acceptors (Lipinski definition) is 14. The smallest absolute Gasteiger partial charge is 0.343 e. The standard InChI is InChI=1S/C45H50O14/c1-28-16-34(30(3)37(44(28)57-15-13-55-27-48)20-33-9-11-40(41(21-33)51-5)56-14-12-54-26-47)22-35-17-29(2)45(59-25-43(50)53-7)38(31(35)4)19-32-8-10-39(36(18-32)23-46)58-24-42(49)52-6/h8-11,16-18,21,23,26-27H,12-15,19-20,22,24-25H2,1-7H3. The summed E-state index contributed by atoms with van der Waals surface area (Å²) in [5.74, 6) is 1.35. The molecule has 0 N–H and O–H groups in total. The van der Waals surface area contributed by atoms with E-state index in [9.17, 15) is 24.0 Å². The van der Waals surface area contributed by atoms with Crippen LogP contribution in [0.3, 0.4) is 0 Å². The molecule has 0 amide bonds. The van der Waals surface area contributed by atoms with E-state index >= 15 is 0 Å². The van der Waals surface area contributed by atoms with Gasteiger partial charge in [-0.15, -0.1) is 0 Å². The second-order valence-electron chi connectivity index (χ2n) is 13.4. The van der Waals surface area contributed by atoms with Gasteiger partial charge in [-0.1, -0.05) is 24.3 Å². The van der Waals surface area contributed by atoms with Crippen LogP contribution in [0.15, 0.2) is 48.5 Å². The Labute approximate surface area is 343 Å². The first-order valence-electron chi connectivity index (χ1n) is 18.7. The quantitative estimate of drug-likeness (QED) is 0.0364. The third-order valence-electron chi connectivity index (χ3n) is 9.66. The number of hydrogen-bond donors (Lipinski definition) is 0. The van der Waals surface area contributed by atoms with Crippen LogP contribution >= 0.6 is 0 Å². The highest BCUT2D eigenvalue weighted by molar-refractivity contribution is 5.80. The average Bonchev–Trinajstić information content (AvgIpc) is 3.24. The van der Waals surface area contributed by atoms with Crippen molar-refractivity contribution in [2.24, 2.45) is 0 Å². The summed E-state index contributed by atoms with van der Waals surface area (Å²) >= 11 is 0. The molecular formula is C45H50O14. The van der Waals surface area contributed by atoms with Gasteiger partial charge in [-0.2, -0.15) is 0 Å². The highest BCUT2D eigenvalue weighted by atomic mass is 16.6. The van der Waals surface area contributed by atoms with E-state index in [4.69, 9.17) is 37.9 Å². The zero-order valence-corrected chi connectivity index (χ0v) is 34.4. The minimum atomic E-state index is -0.579. The van der Waals surface area contributed by atoms with Gasteiger partial charge in [-0.25, -0.2) is 9.59 Å². The third kappa shape index (κ3) is 12.2. The normalized spacial score (nSPS) is 10.6. The molecule has 0 unspecified atom stereocenters. The summed E-state index contributed by atoms with van der Waals surface area (Å²) in [5.41, 5.74) is 9.38. The summed E-state index contributed by atoms with van der Waals surface area (Å²) in [6.45, 7) is 8.53. The molecule has 0 fully saturated rings. The van der Waals surface area contributed by atoms with Crippen LogP contribution in [0, 0.1) is 27.7 Å².